The quantitative estimate of drug-likeness (QED) is 0.779. The van der Waals surface area contributed by atoms with Crippen LogP contribution in [0.4, 0.5) is 5.69 Å². The number of carbonyl (C=O) groups is 2. The van der Waals surface area contributed by atoms with Crippen molar-refractivity contribution in [3.05, 3.63) is 65.3 Å². The number of benzene rings is 1. The minimum Gasteiger partial charge on any atom is -0.487 e. The number of pyridine rings is 1. The lowest BCUT2D eigenvalue weighted by Crippen LogP contribution is -2.12. The van der Waals surface area contributed by atoms with E-state index in [1.165, 1.54) is 0 Å². The number of aryl methyl sites for hydroxylation is 1. The monoisotopic (exact) mass is 340 g/mol. The topological polar surface area (TPSA) is 97.8 Å². The predicted molar refractivity (Wildman–Crippen MR) is 89.0 cm³/mol. The van der Waals surface area contributed by atoms with Crippen molar-refractivity contribution >= 4 is 17.4 Å². The van der Waals surface area contributed by atoms with Gasteiger partial charge in [-0.15, -0.1) is 0 Å². The highest BCUT2D eigenvalue weighted by atomic mass is 16.5. The lowest BCUT2D eigenvalue weighted by molar-refractivity contribution is -0.134. The number of ether oxygens (including phenoxy) is 2. The molecule has 7 nitrogen and oxygen atoms in total. The largest absolute Gasteiger partial charge is 0.487 e. The molecule has 1 aromatic carbocycles. The van der Waals surface area contributed by atoms with Crippen LogP contribution in [0.5, 0.6) is 5.75 Å². The zero-order chi connectivity index (χ0) is 17.8. The Morgan fingerprint density at radius 1 is 1.36 bits per heavy atom. The number of hydrogen-bond acceptors (Lipinski definition) is 6. The predicted octanol–water partition coefficient (Wildman–Crippen LogP) is 2.28. The van der Waals surface area contributed by atoms with Crippen LogP contribution in [0.2, 0.25) is 0 Å². The van der Waals surface area contributed by atoms with Gasteiger partial charge in [0.05, 0.1) is 5.69 Å². The van der Waals surface area contributed by atoms with Crippen LogP contribution in [0.1, 0.15) is 11.3 Å². The number of anilines is 1. The number of carboxylic acid groups (broad SMARTS) is 1. The van der Waals surface area contributed by atoms with Gasteiger partial charge in [-0.05, 0) is 42.8 Å². The van der Waals surface area contributed by atoms with Crippen LogP contribution >= 0.6 is 0 Å². The molecule has 0 radical (unpaired) electrons. The number of nitrogens with one attached hydrogen (secondary N) is 1. The Hall–Kier alpha value is -3.35. The zero-order valence-corrected chi connectivity index (χ0v) is 13.5. The summed E-state index contributed by atoms with van der Waals surface area (Å²) in [4.78, 5) is 26.9. The van der Waals surface area contributed by atoms with E-state index in [9.17, 15) is 9.59 Å². The van der Waals surface area contributed by atoms with Gasteiger partial charge in [-0.25, -0.2) is 4.79 Å². The van der Waals surface area contributed by atoms with Gasteiger partial charge < -0.3 is 19.9 Å². The van der Waals surface area contributed by atoms with Crippen LogP contribution < -0.4 is 10.1 Å². The maximum atomic E-state index is 11.5. The molecule has 0 fully saturated rings. The molecule has 0 aliphatic carbocycles. The molecule has 0 atom stereocenters. The van der Waals surface area contributed by atoms with Crippen molar-refractivity contribution in [2.24, 2.45) is 0 Å². The van der Waals surface area contributed by atoms with E-state index in [2.05, 4.69) is 10.3 Å². The summed E-state index contributed by atoms with van der Waals surface area (Å²) in [5.41, 5.74) is 1.90. The molecule has 0 unspecified atom stereocenters. The van der Waals surface area contributed by atoms with Crippen LogP contribution in [0.3, 0.4) is 0 Å². The molecule has 7 heteroatoms. The first-order valence-electron chi connectivity index (χ1n) is 7.58. The van der Waals surface area contributed by atoms with Gasteiger partial charge in [0.1, 0.15) is 12.4 Å². The summed E-state index contributed by atoms with van der Waals surface area (Å²) in [5.74, 6) is -1.24. The highest BCUT2D eigenvalue weighted by molar-refractivity contribution is 6.19. The average molecular weight is 340 g/mol. The fourth-order valence-electron chi connectivity index (χ4n) is 2.35. The van der Waals surface area contributed by atoms with Crippen molar-refractivity contribution in [3.8, 4) is 5.75 Å². The molecule has 0 spiro atoms. The Balaban J connectivity index is 1.72. The SMILES string of the molecule is Cc1cc(OCc2ccccn2)ccc1NC1=C(C(=O)O)C(=O)CO1. The van der Waals surface area contributed by atoms with Crippen molar-refractivity contribution in [2.45, 2.75) is 13.5 Å². The molecule has 0 bridgehead atoms. The summed E-state index contributed by atoms with van der Waals surface area (Å²) in [6, 6.07) is 10.9. The Bertz CT molecular complexity index is 846. The van der Waals surface area contributed by atoms with E-state index in [0.29, 0.717) is 18.0 Å². The number of nitrogens with zero attached hydrogens (tertiary/aromatic N) is 1. The van der Waals surface area contributed by atoms with Gasteiger partial charge in [-0.3, -0.25) is 9.78 Å². The second kappa shape index (κ2) is 7.04. The maximum Gasteiger partial charge on any atom is 0.344 e. The normalized spacial score (nSPS) is 13.6. The third-order valence-corrected chi connectivity index (χ3v) is 3.63. The fraction of sp³-hybridized carbons (Fsp3) is 0.167. The number of hydrogen-bond donors (Lipinski definition) is 2. The maximum absolute atomic E-state index is 11.5. The second-order valence-electron chi connectivity index (χ2n) is 5.43. The molecule has 128 valence electrons. The Morgan fingerprint density at radius 2 is 2.20 bits per heavy atom. The minimum absolute atomic E-state index is 0.0391. The summed E-state index contributed by atoms with van der Waals surface area (Å²) >= 11 is 0. The van der Waals surface area contributed by atoms with Gasteiger partial charge >= 0.3 is 5.97 Å². The molecule has 1 aromatic heterocycles. The highest BCUT2D eigenvalue weighted by Crippen LogP contribution is 2.26. The zero-order valence-electron chi connectivity index (χ0n) is 13.5. The van der Waals surface area contributed by atoms with Crippen molar-refractivity contribution in [1.29, 1.82) is 0 Å². The standard InChI is InChI=1S/C18H16N2O5/c1-11-8-13(24-9-12-4-2-3-7-19-12)5-6-14(11)20-17-16(18(22)23)15(21)10-25-17/h2-8,20H,9-10H2,1H3,(H,22,23). The number of ketones is 1. The van der Waals surface area contributed by atoms with Gasteiger partial charge in [0.2, 0.25) is 11.7 Å². The molecule has 0 saturated heterocycles. The number of rotatable bonds is 6. The first-order chi connectivity index (χ1) is 12.0. The number of carboxylic acids is 1. The van der Waals surface area contributed by atoms with Crippen LogP contribution in [0.15, 0.2) is 54.1 Å². The van der Waals surface area contributed by atoms with E-state index in [1.807, 2.05) is 31.2 Å². The van der Waals surface area contributed by atoms with Gasteiger partial charge in [0, 0.05) is 11.9 Å². The van der Waals surface area contributed by atoms with Crippen LogP contribution in [0.25, 0.3) is 0 Å². The smallest absolute Gasteiger partial charge is 0.344 e. The first kappa shape index (κ1) is 16.5. The Kier molecular flexibility index (Phi) is 4.65. The summed E-state index contributed by atoms with van der Waals surface area (Å²) in [5, 5.41) is 12.0. The number of Topliss-reactive ketones (excluding diaryl/α,β-unsaturated/α-hetero) is 1. The highest BCUT2D eigenvalue weighted by Gasteiger charge is 2.31. The first-order valence-corrected chi connectivity index (χ1v) is 7.58. The molecule has 25 heavy (non-hydrogen) atoms. The van der Waals surface area contributed by atoms with E-state index in [1.54, 1.807) is 18.3 Å². The molecule has 3 rings (SSSR count). The summed E-state index contributed by atoms with van der Waals surface area (Å²) in [6.45, 7) is 1.92. The van der Waals surface area contributed by atoms with Crippen molar-refractivity contribution in [2.75, 3.05) is 11.9 Å². The van der Waals surface area contributed by atoms with Crippen LogP contribution in [-0.4, -0.2) is 28.4 Å². The average Bonchev–Trinajstić information content (AvgIpc) is 2.97. The van der Waals surface area contributed by atoms with E-state index < -0.39 is 11.8 Å². The molecule has 2 aromatic rings. The van der Waals surface area contributed by atoms with Crippen molar-refractivity contribution < 1.29 is 24.2 Å². The van der Waals surface area contributed by atoms with E-state index in [0.717, 1.165) is 11.3 Å². The number of aromatic nitrogens is 1. The molecular formula is C18H16N2O5. The van der Waals surface area contributed by atoms with Gasteiger partial charge in [0.25, 0.3) is 0 Å². The van der Waals surface area contributed by atoms with E-state index in [-0.39, 0.29) is 18.1 Å². The second-order valence-corrected chi connectivity index (χ2v) is 5.43. The molecular weight excluding hydrogens is 324 g/mol. The lowest BCUT2D eigenvalue weighted by Gasteiger charge is -2.12. The lowest BCUT2D eigenvalue weighted by atomic mass is 10.1. The summed E-state index contributed by atoms with van der Waals surface area (Å²) < 4.78 is 10.8. The van der Waals surface area contributed by atoms with Crippen molar-refractivity contribution in [3.63, 3.8) is 0 Å². The molecule has 2 N–H and O–H groups in total. The van der Waals surface area contributed by atoms with E-state index >= 15 is 0 Å². The molecule has 1 aliphatic rings. The molecule has 1 aliphatic heterocycles. The molecule has 0 amide bonds. The van der Waals surface area contributed by atoms with E-state index in [4.69, 9.17) is 14.6 Å². The molecule has 2 heterocycles. The summed E-state index contributed by atoms with van der Waals surface area (Å²) in [7, 11) is 0. The Morgan fingerprint density at radius 3 is 2.88 bits per heavy atom. The Labute approximate surface area is 143 Å². The van der Waals surface area contributed by atoms with Gasteiger partial charge in [-0.2, -0.15) is 0 Å². The van der Waals surface area contributed by atoms with Gasteiger partial charge in [0.15, 0.2) is 12.2 Å². The van der Waals surface area contributed by atoms with Crippen LogP contribution in [0, 0.1) is 6.92 Å². The molecule has 0 saturated carbocycles. The number of carbonyl (C=O) groups excluding carboxylic acids is 1. The fourth-order valence-corrected chi connectivity index (χ4v) is 2.35. The third kappa shape index (κ3) is 3.77. The minimum atomic E-state index is -1.31. The van der Waals surface area contributed by atoms with Crippen LogP contribution in [-0.2, 0) is 20.9 Å². The van der Waals surface area contributed by atoms with Gasteiger partial charge in [-0.1, -0.05) is 6.07 Å². The number of aliphatic carboxylic acids is 1. The van der Waals surface area contributed by atoms with Crippen molar-refractivity contribution in [1.82, 2.24) is 4.98 Å². The third-order valence-electron chi connectivity index (χ3n) is 3.63. The summed E-state index contributed by atoms with van der Waals surface area (Å²) in [6.07, 6.45) is 1.70.